The van der Waals surface area contributed by atoms with Crippen LogP contribution < -0.4 is 5.73 Å². The lowest BCUT2D eigenvalue weighted by molar-refractivity contribution is 0.278. The molecule has 0 radical (unpaired) electrons. The molecule has 0 saturated heterocycles. The average Bonchev–Trinajstić information content (AvgIpc) is 2.40. The van der Waals surface area contributed by atoms with Crippen LogP contribution >= 0.6 is 0 Å². The summed E-state index contributed by atoms with van der Waals surface area (Å²) in [6.45, 7) is 6.16. The minimum absolute atomic E-state index is 0.00671. The van der Waals surface area contributed by atoms with Crippen LogP contribution in [0.5, 0.6) is 0 Å². The summed E-state index contributed by atoms with van der Waals surface area (Å²) in [6, 6.07) is 4.96. The van der Waals surface area contributed by atoms with Crippen LogP contribution in [0.4, 0.5) is 4.39 Å². The Labute approximate surface area is 124 Å². The van der Waals surface area contributed by atoms with Crippen molar-refractivity contribution >= 4 is 0 Å². The minimum Gasteiger partial charge on any atom is -0.324 e. The SMILES string of the molecule is Cc1cc(-c2ncc3c(n2)CC(C)(C)CC3N)ccc1F. The van der Waals surface area contributed by atoms with Crippen molar-refractivity contribution in [2.45, 2.75) is 39.7 Å². The largest absolute Gasteiger partial charge is 0.324 e. The predicted molar refractivity (Wildman–Crippen MR) is 81.2 cm³/mol. The maximum absolute atomic E-state index is 13.4. The first kappa shape index (κ1) is 14.1. The summed E-state index contributed by atoms with van der Waals surface area (Å²) in [7, 11) is 0. The molecule has 3 rings (SSSR count). The second-order valence-electron chi connectivity index (χ2n) is 6.71. The van der Waals surface area contributed by atoms with Gasteiger partial charge in [0.25, 0.3) is 0 Å². The third kappa shape index (κ3) is 2.68. The number of halogens is 1. The van der Waals surface area contributed by atoms with E-state index in [-0.39, 0.29) is 17.3 Å². The molecule has 1 unspecified atom stereocenters. The van der Waals surface area contributed by atoms with Crippen LogP contribution in [0, 0.1) is 18.2 Å². The van der Waals surface area contributed by atoms with E-state index in [9.17, 15) is 4.39 Å². The van der Waals surface area contributed by atoms with E-state index in [0.717, 1.165) is 29.7 Å². The minimum atomic E-state index is -0.208. The quantitative estimate of drug-likeness (QED) is 0.871. The first-order valence-electron chi connectivity index (χ1n) is 7.24. The van der Waals surface area contributed by atoms with Crippen LogP contribution in [0.25, 0.3) is 11.4 Å². The smallest absolute Gasteiger partial charge is 0.159 e. The predicted octanol–water partition coefficient (Wildman–Crippen LogP) is 3.56. The summed E-state index contributed by atoms with van der Waals surface area (Å²) in [5.41, 5.74) is 9.88. The van der Waals surface area contributed by atoms with Gasteiger partial charge in [0.1, 0.15) is 5.82 Å². The van der Waals surface area contributed by atoms with Crippen molar-refractivity contribution in [3.05, 3.63) is 47.0 Å². The van der Waals surface area contributed by atoms with Gasteiger partial charge in [-0.2, -0.15) is 0 Å². The molecule has 2 N–H and O–H groups in total. The summed E-state index contributed by atoms with van der Waals surface area (Å²) < 4.78 is 13.4. The van der Waals surface area contributed by atoms with E-state index < -0.39 is 0 Å². The highest BCUT2D eigenvalue weighted by Crippen LogP contribution is 2.38. The van der Waals surface area contributed by atoms with Crippen molar-refractivity contribution in [2.75, 3.05) is 0 Å². The molecule has 1 aliphatic carbocycles. The van der Waals surface area contributed by atoms with Crippen LogP contribution in [-0.4, -0.2) is 9.97 Å². The van der Waals surface area contributed by atoms with Gasteiger partial charge in [-0.1, -0.05) is 13.8 Å². The highest BCUT2D eigenvalue weighted by atomic mass is 19.1. The molecule has 2 aromatic rings. The number of aromatic nitrogens is 2. The monoisotopic (exact) mass is 285 g/mol. The number of hydrogen-bond acceptors (Lipinski definition) is 3. The lowest BCUT2D eigenvalue weighted by atomic mass is 9.74. The van der Waals surface area contributed by atoms with Gasteiger partial charge in [-0.25, -0.2) is 14.4 Å². The Kier molecular flexibility index (Phi) is 3.29. The van der Waals surface area contributed by atoms with Crippen molar-refractivity contribution in [3.63, 3.8) is 0 Å². The molecule has 1 atom stereocenters. The average molecular weight is 285 g/mol. The van der Waals surface area contributed by atoms with Crippen LogP contribution in [0.15, 0.2) is 24.4 Å². The molecule has 0 fully saturated rings. The molecule has 0 saturated carbocycles. The molecule has 1 aromatic heterocycles. The molecule has 1 aromatic carbocycles. The van der Waals surface area contributed by atoms with Gasteiger partial charge in [-0.05, 0) is 48.9 Å². The van der Waals surface area contributed by atoms with Gasteiger partial charge in [0.2, 0.25) is 0 Å². The van der Waals surface area contributed by atoms with Gasteiger partial charge >= 0.3 is 0 Å². The zero-order chi connectivity index (χ0) is 15.2. The lowest BCUT2D eigenvalue weighted by Gasteiger charge is -2.34. The molecule has 0 aliphatic heterocycles. The van der Waals surface area contributed by atoms with E-state index in [1.54, 1.807) is 19.1 Å². The molecular weight excluding hydrogens is 265 g/mol. The molecule has 0 bridgehead atoms. The van der Waals surface area contributed by atoms with Gasteiger partial charge in [-0.3, -0.25) is 0 Å². The van der Waals surface area contributed by atoms with Crippen molar-refractivity contribution in [1.29, 1.82) is 0 Å². The zero-order valence-corrected chi connectivity index (χ0v) is 12.7. The standard InChI is InChI=1S/C17H20FN3/c1-10-6-11(4-5-13(10)18)16-20-9-12-14(19)7-17(2,3)8-15(12)21-16/h4-6,9,14H,7-8,19H2,1-3H3. The Hall–Kier alpha value is -1.81. The number of benzene rings is 1. The highest BCUT2D eigenvalue weighted by molar-refractivity contribution is 5.56. The normalized spacial score (nSPS) is 20.1. The maximum atomic E-state index is 13.4. The maximum Gasteiger partial charge on any atom is 0.159 e. The van der Waals surface area contributed by atoms with Crippen molar-refractivity contribution in [2.24, 2.45) is 11.1 Å². The highest BCUT2D eigenvalue weighted by Gasteiger charge is 2.31. The topological polar surface area (TPSA) is 51.8 Å². The Morgan fingerprint density at radius 2 is 2.10 bits per heavy atom. The van der Waals surface area contributed by atoms with Crippen LogP contribution in [0.1, 0.15) is 43.1 Å². The van der Waals surface area contributed by atoms with Crippen molar-refractivity contribution < 1.29 is 4.39 Å². The summed E-state index contributed by atoms with van der Waals surface area (Å²) in [4.78, 5) is 9.10. The molecule has 0 spiro atoms. The molecule has 1 aliphatic rings. The van der Waals surface area contributed by atoms with E-state index in [2.05, 4.69) is 23.8 Å². The Balaban J connectivity index is 2.05. The molecule has 4 heteroatoms. The second kappa shape index (κ2) is 4.88. The van der Waals surface area contributed by atoms with Gasteiger partial charge < -0.3 is 5.73 Å². The number of rotatable bonds is 1. The Bertz CT molecular complexity index is 694. The number of nitrogens with two attached hydrogens (primary N) is 1. The molecular formula is C17H20FN3. The van der Waals surface area contributed by atoms with Crippen LogP contribution in [0.3, 0.4) is 0 Å². The van der Waals surface area contributed by atoms with Crippen LogP contribution in [0.2, 0.25) is 0 Å². The van der Waals surface area contributed by atoms with E-state index in [0.29, 0.717) is 11.4 Å². The fourth-order valence-electron chi connectivity index (χ4n) is 3.03. The van der Waals surface area contributed by atoms with E-state index >= 15 is 0 Å². The van der Waals surface area contributed by atoms with Gasteiger partial charge in [0, 0.05) is 29.1 Å². The fraction of sp³-hybridized carbons (Fsp3) is 0.412. The molecule has 21 heavy (non-hydrogen) atoms. The van der Waals surface area contributed by atoms with E-state index in [1.807, 2.05) is 6.20 Å². The molecule has 3 nitrogen and oxygen atoms in total. The summed E-state index contributed by atoms with van der Waals surface area (Å²) in [6.07, 6.45) is 3.67. The molecule has 110 valence electrons. The number of nitrogens with zero attached hydrogens (tertiary/aromatic N) is 2. The summed E-state index contributed by atoms with van der Waals surface area (Å²) in [5, 5.41) is 0. The van der Waals surface area contributed by atoms with Gasteiger partial charge in [0.15, 0.2) is 5.82 Å². The lowest BCUT2D eigenvalue weighted by Crippen LogP contribution is -2.30. The fourth-order valence-corrected chi connectivity index (χ4v) is 3.03. The summed E-state index contributed by atoms with van der Waals surface area (Å²) in [5.74, 6) is 0.432. The van der Waals surface area contributed by atoms with Gasteiger partial charge in [-0.15, -0.1) is 0 Å². The third-order valence-corrected chi connectivity index (χ3v) is 4.13. The second-order valence-corrected chi connectivity index (χ2v) is 6.71. The Morgan fingerprint density at radius 1 is 1.33 bits per heavy atom. The molecule has 0 amide bonds. The Morgan fingerprint density at radius 3 is 2.81 bits per heavy atom. The number of aryl methyl sites for hydroxylation is 1. The summed E-state index contributed by atoms with van der Waals surface area (Å²) >= 11 is 0. The third-order valence-electron chi connectivity index (χ3n) is 4.13. The first-order valence-corrected chi connectivity index (χ1v) is 7.24. The number of hydrogen-bond donors (Lipinski definition) is 1. The van der Waals surface area contributed by atoms with E-state index in [4.69, 9.17) is 5.73 Å². The van der Waals surface area contributed by atoms with Crippen molar-refractivity contribution in [1.82, 2.24) is 9.97 Å². The van der Waals surface area contributed by atoms with Crippen molar-refractivity contribution in [3.8, 4) is 11.4 Å². The first-order chi connectivity index (χ1) is 9.85. The zero-order valence-electron chi connectivity index (χ0n) is 12.7. The van der Waals surface area contributed by atoms with E-state index in [1.165, 1.54) is 6.07 Å². The number of fused-ring (bicyclic) bond motifs is 1. The van der Waals surface area contributed by atoms with Gasteiger partial charge in [0.05, 0.1) is 0 Å². The van der Waals surface area contributed by atoms with Crippen LogP contribution in [-0.2, 0) is 6.42 Å². The molecule has 1 heterocycles.